The molecular weight excluding hydrogens is 841 g/mol. The number of unbranched alkanes of at least 4 members (excludes halogenated alkanes) is 15. The average molecular weight is 927 g/mol. The van der Waals surface area contributed by atoms with Gasteiger partial charge in [0.2, 0.25) is 0 Å². The molecule has 0 amide bonds. The second kappa shape index (κ2) is 37.4. The molecule has 11 atom stereocenters. The van der Waals surface area contributed by atoms with E-state index in [1.54, 1.807) is 0 Å². The second-order valence-electron chi connectivity index (χ2n) is 17.3. The van der Waals surface area contributed by atoms with Crippen LogP contribution < -0.4 is 0 Å². The first-order valence-electron chi connectivity index (χ1n) is 24.7. The van der Waals surface area contributed by atoms with Crippen LogP contribution in [0.15, 0.2) is 48.6 Å². The molecule has 15 heteroatoms. The number of carbonyl (C=O) groups is 2. The minimum Gasteiger partial charge on any atom is -0.462 e. The molecular formula is C50H86O15. The van der Waals surface area contributed by atoms with Gasteiger partial charge in [-0.3, -0.25) is 9.59 Å². The normalized spacial score (nSPS) is 26.8. The molecule has 0 aromatic carbocycles. The number of aliphatic hydroxyl groups excluding tert-OH is 7. The molecule has 0 radical (unpaired) electrons. The first-order valence-corrected chi connectivity index (χ1v) is 24.7. The van der Waals surface area contributed by atoms with E-state index in [1.165, 1.54) is 38.5 Å². The van der Waals surface area contributed by atoms with Gasteiger partial charge in [0.25, 0.3) is 0 Å². The van der Waals surface area contributed by atoms with Gasteiger partial charge in [0, 0.05) is 12.8 Å². The Morgan fingerprint density at radius 3 is 1.46 bits per heavy atom. The molecule has 2 fully saturated rings. The van der Waals surface area contributed by atoms with Crippen molar-refractivity contribution < 1.29 is 73.8 Å². The van der Waals surface area contributed by atoms with Gasteiger partial charge < -0.3 is 64.2 Å². The van der Waals surface area contributed by atoms with Crippen LogP contribution in [-0.4, -0.2) is 142 Å². The minimum atomic E-state index is -1.77. The highest BCUT2D eigenvalue weighted by molar-refractivity contribution is 5.70. The van der Waals surface area contributed by atoms with E-state index in [9.17, 15) is 45.3 Å². The summed E-state index contributed by atoms with van der Waals surface area (Å²) in [5.41, 5.74) is 0. The summed E-state index contributed by atoms with van der Waals surface area (Å²) in [6.07, 6.45) is 22.8. The van der Waals surface area contributed by atoms with Crippen molar-refractivity contribution in [2.24, 2.45) is 0 Å². The first kappa shape index (κ1) is 58.6. The topological polar surface area (TPSA) is 231 Å². The van der Waals surface area contributed by atoms with E-state index < -0.39 is 99.3 Å². The molecule has 0 spiro atoms. The number of carbonyl (C=O) groups excluding carboxylic acids is 2. The lowest BCUT2D eigenvalue weighted by Gasteiger charge is -2.42. The Morgan fingerprint density at radius 2 is 0.923 bits per heavy atom. The fourth-order valence-corrected chi connectivity index (χ4v) is 7.39. The zero-order chi connectivity index (χ0) is 47.5. The molecule has 0 aromatic heterocycles. The molecule has 2 rings (SSSR count). The van der Waals surface area contributed by atoms with Gasteiger partial charge in [-0.25, -0.2) is 0 Å². The SMILES string of the molecule is CCCCC/C=C/C/C=C/C/C=C/CCCCCCC(=O)O[C@H](COC(=O)CCCCCCC/C=C/CCCCC)CO[C@H]1O[C@@H](CO[C@H]2O[C@@H](CO)[C@@H](O)C(O)C2O)[C@@H](O)C(O)C1O. The van der Waals surface area contributed by atoms with E-state index >= 15 is 0 Å². The van der Waals surface area contributed by atoms with Crippen LogP contribution in [0, 0.1) is 0 Å². The molecule has 0 aliphatic carbocycles. The molecule has 0 saturated carbocycles. The molecule has 2 saturated heterocycles. The first-order chi connectivity index (χ1) is 31.5. The van der Waals surface area contributed by atoms with Crippen LogP contribution in [0.3, 0.4) is 0 Å². The van der Waals surface area contributed by atoms with Crippen LogP contribution in [-0.2, 0) is 38.0 Å². The van der Waals surface area contributed by atoms with Gasteiger partial charge in [0.1, 0.15) is 55.4 Å². The number of allylic oxidation sites excluding steroid dienone is 8. The number of hydrogen-bond acceptors (Lipinski definition) is 15. The second-order valence-corrected chi connectivity index (χ2v) is 17.3. The number of hydrogen-bond donors (Lipinski definition) is 7. The molecule has 376 valence electrons. The number of aliphatic hydroxyl groups is 7. The van der Waals surface area contributed by atoms with Gasteiger partial charge in [0.05, 0.1) is 19.8 Å². The zero-order valence-corrected chi connectivity index (χ0v) is 39.5. The lowest BCUT2D eigenvalue weighted by molar-refractivity contribution is -0.332. The van der Waals surface area contributed by atoms with Crippen LogP contribution in [0.25, 0.3) is 0 Å². The quantitative estimate of drug-likeness (QED) is 0.0205. The minimum absolute atomic E-state index is 0.137. The van der Waals surface area contributed by atoms with E-state index in [0.717, 1.165) is 83.5 Å². The highest BCUT2D eigenvalue weighted by atomic mass is 16.7. The Labute approximate surface area is 388 Å². The lowest BCUT2D eigenvalue weighted by Crippen LogP contribution is -2.61. The Kier molecular flexibility index (Phi) is 33.7. The largest absolute Gasteiger partial charge is 0.462 e. The maximum absolute atomic E-state index is 13.0. The Bertz CT molecular complexity index is 1320. The summed E-state index contributed by atoms with van der Waals surface area (Å²) < 4.78 is 33.5. The fraction of sp³-hybridized carbons (Fsp3) is 0.800. The van der Waals surface area contributed by atoms with E-state index in [-0.39, 0.29) is 19.4 Å². The number of ether oxygens (including phenoxy) is 6. The maximum Gasteiger partial charge on any atom is 0.306 e. The predicted octanol–water partition coefficient (Wildman–Crippen LogP) is 6.32. The van der Waals surface area contributed by atoms with E-state index in [1.807, 2.05) is 0 Å². The summed E-state index contributed by atoms with van der Waals surface area (Å²) in [6, 6.07) is 0. The molecule has 7 N–H and O–H groups in total. The fourth-order valence-electron chi connectivity index (χ4n) is 7.39. The van der Waals surface area contributed by atoms with Crippen molar-refractivity contribution >= 4 is 11.9 Å². The highest BCUT2D eigenvalue weighted by Gasteiger charge is 2.47. The van der Waals surface area contributed by atoms with Gasteiger partial charge in [-0.05, 0) is 77.0 Å². The Hall–Kier alpha value is -2.54. The molecule has 65 heavy (non-hydrogen) atoms. The van der Waals surface area contributed by atoms with Crippen molar-refractivity contribution in [1.29, 1.82) is 0 Å². The van der Waals surface area contributed by atoms with Gasteiger partial charge in [0.15, 0.2) is 18.7 Å². The molecule has 2 aliphatic rings. The van der Waals surface area contributed by atoms with Gasteiger partial charge in [-0.15, -0.1) is 0 Å². The Morgan fingerprint density at radius 1 is 0.492 bits per heavy atom. The third-order valence-electron chi connectivity index (χ3n) is 11.5. The summed E-state index contributed by atoms with van der Waals surface area (Å²) in [7, 11) is 0. The molecule has 2 aliphatic heterocycles. The highest BCUT2D eigenvalue weighted by Crippen LogP contribution is 2.26. The molecule has 15 nitrogen and oxygen atoms in total. The van der Waals surface area contributed by atoms with Crippen LogP contribution in [0.2, 0.25) is 0 Å². The summed E-state index contributed by atoms with van der Waals surface area (Å²) in [4.78, 5) is 25.7. The lowest BCUT2D eigenvalue weighted by atomic mass is 9.98. The van der Waals surface area contributed by atoms with E-state index in [0.29, 0.717) is 12.8 Å². The molecule has 2 heterocycles. The smallest absolute Gasteiger partial charge is 0.306 e. The van der Waals surface area contributed by atoms with Gasteiger partial charge in [-0.1, -0.05) is 120 Å². The average Bonchev–Trinajstić information content (AvgIpc) is 3.30. The number of esters is 2. The van der Waals surface area contributed by atoms with Crippen LogP contribution >= 0.6 is 0 Å². The summed E-state index contributed by atoms with van der Waals surface area (Å²) >= 11 is 0. The monoisotopic (exact) mass is 927 g/mol. The Balaban J connectivity index is 1.84. The third-order valence-corrected chi connectivity index (χ3v) is 11.5. The summed E-state index contributed by atoms with van der Waals surface area (Å²) in [5, 5.41) is 72.0. The van der Waals surface area contributed by atoms with Crippen molar-refractivity contribution in [2.75, 3.05) is 26.4 Å². The molecule has 0 bridgehead atoms. The zero-order valence-electron chi connectivity index (χ0n) is 39.5. The molecule has 4 unspecified atom stereocenters. The maximum atomic E-state index is 13.0. The molecule has 0 aromatic rings. The van der Waals surface area contributed by atoms with Gasteiger partial charge >= 0.3 is 11.9 Å². The van der Waals surface area contributed by atoms with Crippen molar-refractivity contribution in [1.82, 2.24) is 0 Å². The third kappa shape index (κ3) is 26.0. The van der Waals surface area contributed by atoms with Crippen molar-refractivity contribution in [3.63, 3.8) is 0 Å². The van der Waals surface area contributed by atoms with Crippen molar-refractivity contribution in [3.8, 4) is 0 Å². The standard InChI is InChI=1S/C50H86O15/c1-3-5-7-9-11-13-15-17-18-19-20-21-23-25-27-29-31-33-42(53)63-38(35-60-41(52)32-30-28-26-24-22-16-14-12-10-8-6-4-2)36-61-49-48(59)46(57)44(55)40(65-49)37-62-50-47(58)45(56)43(54)39(34-51)64-50/h11-14,17-18,20-21,38-40,43-51,54-59H,3-10,15-16,19,22-37H2,1-2H3/b13-11+,14-12+,18-17+,21-20+/t38-,39+,40+,43-,44-,45?,46?,47?,48?,49+,50+/m1/s1. The van der Waals surface area contributed by atoms with Crippen molar-refractivity contribution in [2.45, 2.75) is 229 Å². The van der Waals surface area contributed by atoms with Crippen molar-refractivity contribution in [3.05, 3.63) is 48.6 Å². The van der Waals surface area contributed by atoms with Crippen LogP contribution in [0.5, 0.6) is 0 Å². The summed E-state index contributed by atoms with van der Waals surface area (Å²) in [6.45, 7) is 2.49. The van der Waals surface area contributed by atoms with Gasteiger partial charge in [-0.2, -0.15) is 0 Å². The summed E-state index contributed by atoms with van der Waals surface area (Å²) in [5.74, 6) is -0.964. The van der Waals surface area contributed by atoms with Crippen LogP contribution in [0.4, 0.5) is 0 Å². The van der Waals surface area contributed by atoms with E-state index in [4.69, 9.17) is 28.4 Å². The van der Waals surface area contributed by atoms with E-state index in [2.05, 4.69) is 62.5 Å². The number of rotatable bonds is 37. The van der Waals surface area contributed by atoms with Crippen LogP contribution in [0.1, 0.15) is 162 Å². The predicted molar refractivity (Wildman–Crippen MR) is 247 cm³/mol.